The number of thioether (sulfide) groups is 1. The first kappa shape index (κ1) is 17.4. The van der Waals surface area contributed by atoms with Crippen LogP contribution in [-0.2, 0) is 19.2 Å². The van der Waals surface area contributed by atoms with Crippen molar-refractivity contribution in [1.29, 1.82) is 0 Å². The van der Waals surface area contributed by atoms with Gasteiger partial charge in [0.05, 0.1) is 23.8 Å². The Morgan fingerprint density at radius 3 is 2.79 bits per heavy atom. The summed E-state index contributed by atoms with van der Waals surface area (Å²) in [5, 5.41) is 5.95. The van der Waals surface area contributed by atoms with E-state index >= 15 is 0 Å². The van der Waals surface area contributed by atoms with Crippen LogP contribution in [0.15, 0.2) is 0 Å². The molecule has 3 aliphatic rings. The molecule has 0 aromatic heterocycles. The van der Waals surface area contributed by atoms with Gasteiger partial charge in [0.1, 0.15) is 0 Å². The van der Waals surface area contributed by atoms with Crippen LogP contribution in [0.4, 0.5) is 4.79 Å². The third-order valence-electron chi connectivity index (χ3n) is 4.33. The number of amides is 4. The molecular formula is C14H19N3O5S2. The van der Waals surface area contributed by atoms with Gasteiger partial charge in [0.15, 0.2) is 0 Å². The Labute approximate surface area is 148 Å². The largest absolute Gasteiger partial charge is 0.333 e. The second-order valence-electron chi connectivity index (χ2n) is 6.08. The summed E-state index contributed by atoms with van der Waals surface area (Å²) in [6, 6.07) is 0.238. The fraction of sp³-hybridized carbons (Fsp3) is 0.714. The third-order valence-corrected chi connectivity index (χ3v) is 6.24. The minimum Gasteiger partial charge on any atom is -0.332 e. The Bertz CT molecular complexity index is 573. The van der Waals surface area contributed by atoms with Crippen LogP contribution < -0.4 is 10.6 Å². The molecule has 3 heterocycles. The Morgan fingerprint density at radius 1 is 1.29 bits per heavy atom. The van der Waals surface area contributed by atoms with Crippen LogP contribution in [0.25, 0.3) is 0 Å². The first-order chi connectivity index (χ1) is 11.5. The van der Waals surface area contributed by atoms with Gasteiger partial charge in [0.2, 0.25) is 0 Å². The lowest BCUT2D eigenvalue weighted by Gasteiger charge is -2.16. The maximum absolute atomic E-state index is 11.8. The van der Waals surface area contributed by atoms with Crippen molar-refractivity contribution in [3.63, 3.8) is 0 Å². The van der Waals surface area contributed by atoms with E-state index in [0.717, 1.165) is 18.6 Å². The first-order valence-corrected chi connectivity index (χ1v) is 9.46. The normalized spacial score (nSPS) is 31.9. The monoisotopic (exact) mass is 373 g/mol. The van der Waals surface area contributed by atoms with Gasteiger partial charge in [0.25, 0.3) is 11.8 Å². The number of nitrogens with zero attached hydrogens (tertiary/aromatic N) is 1. The van der Waals surface area contributed by atoms with Crippen molar-refractivity contribution >= 4 is 48.2 Å². The van der Waals surface area contributed by atoms with Gasteiger partial charge < -0.3 is 15.5 Å². The number of rotatable bonds is 6. The summed E-state index contributed by atoms with van der Waals surface area (Å²) in [6.07, 6.45) is 2.40. The lowest BCUT2D eigenvalue weighted by molar-refractivity contribution is -0.197. The lowest BCUT2D eigenvalue weighted by atomic mass is 10.0. The van der Waals surface area contributed by atoms with Crippen LogP contribution in [0, 0.1) is 0 Å². The summed E-state index contributed by atoms with van der Waals surface area (Å²) in [6.45, 7) is 0. The number of hydroxylamine groups is 2. The first-order valence-electron chi connectivity index (χ1n) is 7.90. The van der Waals surface area contributed by atoms with E-state index in [1.54, 1.807) is 0 Å². The molecule has 24 heavy (non-hydrogen) atoms. The van der Waals surface area contributed by atoms with Gasteiger partial charge in [0, 0.05) is 17.4 Å². The maximum atomic E-state index is 11.8. The molecule has 0 spiro atoms. The van der Waals surface area contributed by atoms with E-state index in [4.69, 9.17) is 4.84 Å². The molecule has 0 aliphatic carbocycles. The summed E-state index contributed by atoms with van der Waals surface area (Å²) >= 11 is 5.78. The molecule has 4 atom stereocenters. The molecule has 4 amide bonds. The Kier molecular flexibility index (Phi) is 5.24. The smallest absolute Gasteiger partial charge is 0.332 e. The van der Waals surface area contributed by atoms with Crippen LogP contribution in [0.1, 0.15) is 32.1 Å². The van der Waals surface area contributed by atoms with Crippen molar-refractivity contribution in [2.24, 2.45) is 0 Å². The Balaban J connectivity index is 1.35. The molecule has 132 valence electrons. The molecule has 0 aromatic rings. The lowest BCUT2D eigenvalue weighted by Crippen LogP contribution is -2.36. The SMILES string of the molecule is O=C1N[C@H]2CSC(CCCCC(=O)ON3C(=O)CC(S)C3=O)[C@H]2N1. The fourth-order valence-electron chi connectivity index (χ4n) is 3.10. The van der Waals surface area contributed by atoms with E-state index < -0.39 is 23.0 Å². The zero-order valence-electron chi connectivity index (χ0n) is 12.9. The number of nitrogens with one attached hydrogen (secondary N) is 2. The van der Waals surface area contributed by atoms with Gasteiger partial charge >= 0.3 is 12.0 Å². The molecule has 2 unspecified atom stereocenters. The average molecular weight is 373 g/mol. The summed E-state index contributed by atoms with van der Waals surface area (Å²) in [4.78, 5) is 51.0. The molecular weight excluding hydrogens is 354 g/mol. The van der Waals surface area contributed by atoms with Crippen molar-refractivity contribution in [2.45, 2.75) is 54.7 Å². The summed E-state index contributed by atoms with van der Waals surface area (Å²) in [7, 11) is 0. The average Bonchev–Trinajstić information content (AvgIpc) is 3.14. The van der Waals surface area contributed by atoms with Crippen LogP contribution in [0.2, 0.25) is 0 Å². The van der Waals surface area contributed by atoms with Gasteiger partial charge in [-0.1, -0.05) is 6.42 Å². The number of thiol groups is 1. The minimum atomic E-state index is -0.729. The number of urea groups is 1. The number of imide groups is 1. The van der Waals surface area contributed by atoms with Crippen LogP contribution in [0.5, 0.6) is 0 Å². The molecule has 3 saturated heterocycles. The second kappa shape index (κ2) is 7.22. The highest BCUT2D eigenvalue weighted by Gasteiger charge is 2.42. The number of fused-ring (bicyclic) bond motifs is 1. The molecule has 0 saturated carbocycles. The predicted octanol–water partition coefficient (Wildman–Crippen LogP) is 0.228. The highest BCUT2D eigenvalue weighted by Crippen LogP contribution is 2.33. The number of hydrogen-bond acceptors (Lipinski definition) is 7. The molecule has 10 heteroatoms. The van der Waals surface area contributed by atoms with Crippen LogP contribution in [-0.4, -0.2) is 57.2 Å². The number of carbonyl (C=O) groups is 4. The van der Waals surface area contributed by atoms with Crippen molar-refractivity contribution in [2.75, 3.05) is 5.75 Å². The highest BCUT2D eigenvalue weighted by atomic mass is 32.2. The standard InChI is InChI=1S/C14H19N3O5S2/c18-10-5-8(23)13(20)17(10)22-11(19)4-2-1-3-9-12-7(6-24-9)15-14(21)16-12/h7-9,12,23H,1-6H2,(H2,15,16,21)/t7-,8?,9?,12-/m0/s1. The molecule has 0 radical (unpaired) electrons. The van der Waals surface area contributed by atoms with Crippen molar-refractivity contribution in [3.8, 4) is 0 Å². The van der Waals surface area contributed by atoms with Crippen LogP contribution in [0.3, 0.4) is 0 Å². The Hall–Kier alpha value is -1.42. The van der Waals surface area contributed by atoms with E-state index in [1.807, 2.05) is 11.8 Å². The van der Waals surface area contributed by atoms with Gasteiger partial charge in [-0.15, -0.1) is 5.06 Å². The molecule has 3 rings (SSSR count). The van der Waals surface area contributed by atoms with E-state index in [9.17, 15) is 19.2 Å². The van der Waals surface area contributed by atoms with Gasteiger partial charge in [-0.05, 0) is 12.8 Å². The quantitative estimate of drug-likeness (QED) is 0.266. The van der Waals surface area contributed by atoms with E-state index in [0.29, 0.717) is 16.7 Å². The number of hydrogen-bond donors (Lipinski definition) is 3. The predicted molar refractivity (Wildman–Crippen MR) is 89.3 cm³/mol. The molecule has 8 nitrogen and oxygen atoms in total. The van der Waals surface area contributed by atoms with Gasteiger partial charge in [-0.2, -0.15) is 24.4 Å². The third kappa shape index (κ3) is 3.64. The van der Waals surface area contributed by atoms with Crippen LogP contribution >= 0.6 is 24.4 Å². The van der Waals surface area contributed by atoms with Crippen molar-refractivity contribution in [3.05, 3.63) is 0 Å². The highest BCUT2D eigenvalue weighted by molar-refractivity contribution is 8.00. The summed E-state index contributed by atoms with van der Waals surface area (Å²) in [5.41, 5.74) is 0. The van der Waals surface area contributed by atoms with E-state index in [-0.39, 0.29) is 31.0 Å². The number of unbranched alkanes of at least 4 members (excludes halogenated alkanes) is 1. The minimum absolute atomic E-state index is 0.0452. The number of carbonyl (C=O) groups excluding carboxylic acids is 4. The summed E-state index contributed by atoms with van der Waals surface area (Å²) < 4.78 is 0. The molecule has 0 aromatic carbocycles. The van der Waals surface area contributed by atoms with Crippen molar-refractivity contribution < 1.29 is 24.0 Å². The maximum Gasteiger partial charge on any atom is 0.333 e. The van der Waals surface area contributed by atoms with Gasteiger partial charge in [-0.25, -0.2) is 9.59 Å². The zero-order chi connectivity index (χ0) is 17.3. The van der Waals surface area contributed by atoms with Gasteiger partial charge in [-0.3, -0.25) is 9.59 Å². The summed E-state index contributed by atoms with van der Waals surface area (Å²) in [5.74, 6) is -0.812. The topological polar surface area (TPSA) is 105 Å². The van der Waals surface area contributed by atoms with E-state index in [1.165, 1.54) is 0 Å². The van der Waals surface area contributed by atoms with E-state index in [2.05, 4.69) is 23.3 Å². The Morgan fingerprint density at radius 2 is 2.08 bits per heavy atom. The van der Waals surface area contributed by atoms with Crippen molar-refractivity contribution in [1.82, 2.24) is 15.7 Å². The zero-order valence-corrected chi connectivity index (χ0v) is 14.6. The second-order valence-corrected chi connectivity index (χ2v) is 7.97. The molecule has 3 aliphatic heterocycles. The molecule has 0 bridgehead atoms. The fourth-order valence-corrected chi connectivity index (χ4v) is 4.90. The molecule has 3 fully saturated rings. The molecule has 2 N–H and O–H groups in total.